The van der Waals surface area contributed by atoms with Crippen LogP contribution in [0.4, 0.5) is 0 Å². The fourth-order valence-electron chi connectivity index (χ4n) is 1.63. The van der Waals surface area contributed by atoms with Crippen molar-refractivity contribution >= 4 is 29.0 Å². The summed E-state index contributed by atoms with van der Waals surface area (Å²) < 4.78 is 5.15. The first-order valence-corrected chi connectivity index (χ1v) is 7.04. The average molecular weight is 274 g/mol. The lowest BCUT2D eigenvalue weighted by Crippen LogP contribution is -2.03. The summed E-state index contributed by atoms with van der Waals surface area (Å²) in [7, 11) is 1.61. The smallest absolute Gasteiger partial charge is 0.191 e. The highest BCUT2D eigenvalue weighted by molar-refractivity contribution is 7.98. The SMILES string of the molecule is COC(=S)c1ccccc1CSc1ccccc1. The van der Waals surface area contributed by atoms with E-state index >= 15 is 0 Å². The summed E-state index contributed by atoms with van der Waals surface area (Å²) in [6.45, 7) is 0. The molecule has 0 aromatic heterocycles. The number of ether oxygens (including phenoxy) is 1. The van der Waals surface area contributed by atoms with E-state index in [1.807, 2.05) is 36.4 Å². The fourth-order valence-corrected chi connectivity index (χ4v) is 2.76. The molecule has 0 saturated heterocycles. The number of thiocarbonyl (C=S) groups is 1. The molecule has 0 spiro atoms. The summed E-state index contributed by atoms with van der Waals surface area (Å²) in [6.07, 6.45) is 0. The van der Waals surface area contributed by atoms with E-state index < -0.39 is 0 Å². The standard InChI is InChI=1S/C15H14OS2/c1-16-15(17)14-10-6-5-7-12(14)11-18-13-8-3-2-4-9-13/h2-10H,11H2,1H3. The van der Waals surface area contributed by atoms with Crippen LogP contribution in [-0.4, -0.2) is 12.2 Å². The molecular weight excluding hydrogens is 260 g/mol. The van der Waals surface area contributed by atoms with Gasteiger partial charge in [0.05, 0.1) is 7.11 Å². The van der Waals surface area contributed by atoms with Crippen LogP contribution in [0, 0.1) is 0 Å². The molecule has 2 aromatic rings. The predicted octanol–water partition coefficient (Wildman–Crippen LogP) is 4.30. The summed E-state index contributed by atoms with van der Waals surface area (Å²) in [4.78, 5) is 1.26. The Morgan fingerprint density at radius 3 is 2.44 bits per heavy atom. The number of benzene rings is 2. The molecule has 2 aromatic carbocycles. The van der Waals surface area contributed by atoms with E-state index in [1.165, 1.54) is 10.5 Å². The van der Waals surface area contributed by atoms with Gasteiger partial charge in [-0.3, -0.25) is 0 Å². The average Bonchev–Trinajstić information content (AvgIpc) is 2.45. The zero-order valence-corrected chi connectivity index (χ0v) is 11.8. The van der Waals surface area contributed by atoms with Gasteiger partial charge in [0.15, 0.2) is 5.05 Å². The van der Waals surface area contributed by atoms with Crippen molar-refractivity contribution < 1.29 is 4.74 Å². The Hall–Kier alpha value is -1.32. The van der Waals surface area contributed by atoms with Gasteiger partial charge in [0, 0.05) is 16.2 Å². The summed E-state index contributed by atoms with van der Waals surface area (Å²) in [6, 6.07) is 18.5. The van der Waals surface area contributed by atoms with Crippen LogP contribution in [0.1, 0.15) is 11.1 Å². The van der Waals surface area contributed by atoms with Crippen LogP contribution in [0.15, 0.2) is 59.5 Å². The minimum Gasteiger partial charge on any atom is -0.486 e. The molecule has 2 rings (SSSR count). The van der Waals surface area contributed by atoms with Gasteiger partial charge in [-0.1, -0.05) is 42.5 Å². The maximum absolute atomic E-state index is 5.21. The summed E-state index contributed by atoms with van der Waals surface area (Å²) >= 11 is 7.01. The third-order valence-corrected chi connectivity index (χ3v) is 4.01. The summed E-state index contributed by atoms with van der Waals surface area (Å²) in [5.41, 5.74) is 2.22. The van der Waals surface area contributed by atoms with Crippen LogP contribution in [0.5, 0.6) is 0 Å². The lowest BCUT2D eigenvalue weighted by molar-refractivity contribution is 0.415. The van der Waals surface area contributed by atoms with E-state index in [2.05, 4.69) is 18.2 Å². The van der Waals surface area contributed by atoms with Crippen molar-refractivity contribution in [3.63, 3.8) is 0 Å². The monoisotopic (exact) mass is 274 g/mol. The number of rotatable bonds is 4. The van der Waals surface area contributed by atoms with Gasteiger partial charge < -0.3 is 4.74 Å². The van der Waals surface area contributed by atoms with Gasteiger partial charge in [-0.25, -0.2) is 0 Å². The van der Waals surface area contributed by atoms with Gasteiger partial charge in [-0.2, -0.15) is 0 Å². The lowest BCUT2D eigenvalue weighted by Gasteiger charge is -2.09. The third kappa shape index (κ3) is 3.34. The molecule has 0 radical (unpaired) electrons. The Bertz CT molecular complexity index is 523. The Balaban J connectivity index is 2.12. The molecule has 0 N–H and O–H groups in total. The van der Waals surface area contributed by atoms with E-state index in [-0.39, 0.29) is 0 Å². The van der Waals surface area contributed by atoms with Crippen molar-refractivity contribution in [1.29, 1.82) is 0 Å². The topological polar surface area (TPSA) is 9.23 Å². The normalized spacial score (nSPS) is 10.1. The maximum atomic E-state index is 5.21. The van der Waals surface area contributed by atoms with Gasteiger partial charge in [0.25, 0.3) is 0 Å². The first-order valence-electron chi connectivity index (χ1n) is 5.65. The molecule has 0 aliphatic carbocycles. The number of thioether (sulfide) groups is 1. The molecule has 0 heterocycles. The van der Waals surface area contributed by atoms with Crippen molar-refractivity contribution in [1.82, 2.24) is 0 Å². The number of methoxy groups -OCH3 is 1. The highest BCUT2D eigenvalue weighted by atomic mass is 32.2. The van der Waals surface area contributed by atoms with Crippen LogP contribution in [0.25, 0.3) is 0 Å². The first kappa shape index (κ1) is 13.1. The van der Waals surface area contributed by atoms with Gasteiger partial charge in [0.2, 0.25) is 0 Å². The van der Waals surface area contributed by atoms with E-state index in [1.54, 1.807) is 18.9 Å². The Morgan fingerprint density at radius 2 is 1.72 bits per heavy atom. The second-order valence-corrected chi connectivity index (χ2v) is 5.17. The Labute approximate surface area is 117 Å². The van der Waals surface area contributed by atoms with Crippen LogP contribution in [0.3, 0.4) is 0 Å². The quantitative estimate of drug-likeness (QED) is 0.607. The fraction of sp³-hybridized carbons (Fsp3) is 0.133. The second-order valence-electron chi connectivity index (χ2n) is 3.75. The molecule has 0 aliphatic heterocycles. The molecule has 0 bridgehead atoms. The molecule has 0 unspecified atom stereocenters. The van der Waals surface area contributed by atoms with E-state index in [4.69, 9.17) is 17.0 Å². The molecule has 0 amide bonds. The van der Waals surface area contributed by atoms with E-state index in [0.717, 1.165) is 11.3 Å². The molecule has 18 heavy (non-hydrogen) atoms. The minimum atomic E-state index is 0.555. The van der Waals surface area contributed by atoms with Crippen molar-refractivity contribution in [3.8, 4) is 0 Å². The second kappa shape index (κ2) is 6.57. The van der Waals surface area contributed by atoms with Crippen LogP contribution in [0.2, 0.25) is 0 Å². The molecule has 0 saturated carbocycles. The van der Waals surface area contributed by atoms with Gasteiger partial charge in [0.1, 0.15) is 0 Å². The maximum Gasteiger partial charge on any atom is 0.191 e. The van der Waals surface area contributed by atoms with Crippen molar-refractivity contribution in [2.75, 3.05) is 7.11 Å². The minimum absolute atomic E-state index is 0.555. The number of hydrogen-bond donors (Lipinski definition) is 0. The molecule has 0 aliphatic rings. The summed E-state index contributed by atoms with van der Waals surface area (Å²) in [5.74, 6) is 0.893. The van der Waals surface area contributed by atoms with Crippen LogP contribution in [-0.2, 0) is 10.5 Å². The summed E-state index contributed by atoms with van der Waals surface area (Å²) in [5, 5.41) is 0.555. The number of hydrogen-bond acceptors (Lipinski definition) is 3. The Kier molecular flexibility index (Phi) is 4.79. The van der Waals surface area contributed by atoms with Crippen molar-refractivity contribution in [3.05, 3.63) is 65.7 Å². The lowest BCUT2D eigenvalue weighted by atomic mass is 10.1. The first-order chi connectivity index (χ1) is 8.81. The molecule has 0 atom stereocenters. The largest absolute Gasteiger partial charge is 0.486 e. The molecular formula is C15H14OS2. The predicted molar refractivity (Wildman–Crippen MR) is 81.2 cm³/mol. The third-order valence-electron chi connectivity index (χ3n) is 2.56. The van der Waals surface area contributed by atoms with Crippen LogP contribution >= 0.6 is 24.0 Å². The molecule has 92 valence electrons. The highest BCUT2D eigenvalue weighted by Gasteiger charge is 2.07. The van der Waals surface area contributed by atoms with Gasteiger partial charge >= 0.3 is 0 Å². The van der Waals surface area contributed by atoms with Crippen molar-refractivity contribution in [2.45, 2.75) is 10.6 Å². The van der Waals surface area contributed by atoms with E-state index in [0.29, 0.717) is 5.05 Å². The zero-order valence-electron chi connectivity index (χ0n) is 10.1. The molecule has 1 nitrogen and oxygen atoms in total. The van der Waals surface area contributed by atoms with Gasteiger partial charge in [-0.05, 0) is 29.9 Å². The highest BCUT2D eigenvalue weighted by Crippen LogP contribution is 2.24. The molecule has 0 fully saturated rings. The van der Waals surface area contributed by atoms with E-state index in [9.17, 15) is 0 Å². The van der Waals surface area contributed by atoms with Crippen LogP contribution < -0.4 is 0 Å². The van der Waals surface area contributed by atoms with Crippen molar-refractivity contribution in [2.24, 2.45) is 0 Å². The van der Waals surface area contributed by atoms with Gasteiger partial charge in [-0.15, -0.1) is 11.8 Å². The molecule has 3 heteroatoms. The Morgan fingerprint density at radius 1 is 1.06 bits per heavy atom. The zero-order chi connectivity index (χ0) is 12.8.